The van der Waals surface area contributed by atoms with Crippen LogP contribution in [0.4, 0.5) is 4.79 Å². The van der Waals surface area contributed by atoms with Gasteiger partial charge in [0.05, 0.1) is 6.33 Å². The Morgan fingerprint density at radius 1 is 1.48 bits per heavy atom. The van der Waals surface area contributed by atoms with Crippen molar-refractivity contribution in [3.63, 3.8) is 0 Å². The van der Waals surface area contributed by atoms with Gasteiger partial charge in [-0.1, -0.05) is 0 Å². The molecule has 0 bridgehead atoms. The normalized spacial score (nSPS) is 19.6. The molecule has 2 aromatic heterocycles. The summed E-state index contributed by atoms with van der Waals surface area (Å²) in [6.07, 6.45) is 9.13. The highest BCUT2D eigenvalue weighted by Crippen LogP contribution is 2.24. The van der Waals surface area contributed by atoms with E-state index in [1.54, 1.807) is 18.9 Å². The molecule has 0 spiro atoms. The number of aromatic nitrogens is 5. The van der Waals surface area contributed by atoms with E-state index in [0.29, 0.717) is 13.1 Å². The van der Waals surface area contributed by atoms with Gasteiger partial charge in [0.2, 0.25) is 0 Å². The number of nitrogens with zero attached hydrogens (tertiary/aromatic N) is 6. The fourth-order valence-corrected chi connectivity index (χ4v) is 3.09. The number of imidazole rings is 1. The van der Waals surface area contributed by atoms with E-state index < -0.39 is 0 Å². The lowest BCUT2D eigenvalue weighted by molar-refractivity contribution is 0.174. The van der Waals surface area contributed by atoms with Gasteiger partial charge in [0, 0.05) is 51.0 Å². The third-order valence-electron chi connectivity index (χ3n) is 4.23. The van der Waals surface area contributed by atoms with Crippen molar-refractivity contribution >= 4 is 6.03 Å². The monoisotopic (exact) mass is 317 g/mol. The summed E-state index contributed by atoms with van der Waals surface area (Å²) >= 11 is 0. The van der Waals surface area contributed by atoms with Crippen LogP contribution in [0.2, 0.25) is 0 Å². The first-order valence-corrected chi connectivity index (χ1v) is 7.98. The van der Waals surface area contributed by atoms with Crippen molar-refractivity contribution in [1.82, 2.24) is 34.5 Å². The third-order valence-corrected chi connectivity index (χ3v) is 4.23. The number of amides is 2. The van der Waals surface area contributed by atoms with Gasteiger partial charge >= 0.3 is 6.03 Å². The van der Waals surface area contributed by atoms with Crippen LogP contribution in [0.3, 0.4) is 0 Å². The fourth-order valence-electron chi connectivity index (χ4n) is 3.09. The van der Waals surface area contributed by atoms with Crippen LogP contribution >= 0.6 is 0 Å². The second-order valence-electron chi connectivity index (χ2n) is 6.20. The second-order valence-corrected chi connectivity index (χ2v) is 6.20. The van der Waals surface area contributed by atoms with Crippen molar-refractivity contribution in [1.29, 1.82) is 0 Å². The Bertz CT molecular complexity index is 636. The smallest absolute Gasteiger partial charge is 0.317 e. The first kappa shape index (κ1) is 15.5. The number of carbonyl (C=O) groups excluding carboxylic acids is 1. The van der Waals surface area contributed by atoms with E-state index in [2.05, 4.69) is 20.5 Å². The number of piperidine rings is 1. The lowest BCUT2D eigenvalue weighted by Crippen LogP contribution is -2.48. The first-order valence-electron chi connectivity index (χ1n) is 7.98. The number of carbonyl (C=O) groups is 1. The molecule has 1 N–H and O–H groups in total. The van der Waals surface area contributed by atoms with Gasteiger partial charge in [0.15, 0.2) is 0 Å². The largest absolute Gasteiger partial charge is 0.335 e. The molecular formula is C15H23N7O. The summed E-state index contributed by atoms with van der Waals surface area (Å²) in [5, 5.41) is 11.2. The van der Waals surface area contributed by atoms with Gasteiger partial charge in [-0.05, 0) is 19.8 Å². The van der Waals surface area contributed by atoms with E-state index in [-0.39, 0.29) is 18.0 Å². The van der Waals surface area contributed by atoms with Crippen molar-refractivity contribution in [2.75, 3.05) is 13.1 Å². The predicted octanol–water partition coefficient (Wildman–Crippen LogP) is 0.989. The Kier molecular flexibility index (Phi) is 4.59. The molecule has 2 aromatic rings. The standard InChI is InChI=1S/C15H23N7O/c1-12(8-21-7-5-16-10-21)18-15(23)22-6-3-4-13(9-22)14-19-17-11-20(14)2/h5,7,10-13H,3-4,6,8-9H2,1-2H3,(H,18,23). The lowest BCUT2D eigenvalue weighted by atomic mass is 9.97. The van der Waals surface area contributed by atoms with E-state index in [0.717, 1.165) is 25.2 Å². The molecule has 124 valence electrons. The molecule has 1 saturated heterocycles. The zero-order chi connectivity index (χ0) is 16.2. The van der Waals surface area contributed by atoms with Crippen molar-refractivity contribution in [2.45, 2.75) is 38.3 Å². The van der Waals surface area contributed by atoms with Gasteiger partial charge in [0.25, 0.3) is 0 Å². The van der Waals surface area contributed by atoms with Crippen LogP contribution in [0, 0.1) is 0 Å². The van der Waals surface area contributed by atoms with Gasteiger partial charge in [-0.3, -0.25) is 0 Å². The molecule has 2 unspecified atom stereocenters. The van der Waals surface area contributed by atoms with Gasteiger partial charge < -0.3 is 19.4 Å². The number of nitrogens with one attached hydrogen (secondary N) is 1. The molecule has 1 aliphatic heterocycles. The van der Waals surface area contributed by atoms with Gasteiger partial charge in [0.1, 0.15) is 12.2 Å². The van der Waals surface area contributed by atoms with Crippen LogP contribution in [0.15, 0.2) is 25.0 Å². The zero-order valence-electron chi connectivity index (χ0n) is 13.6. The highest BCUT2D eigenvalue weighted by atomic mass is 16.2. The number of hydrogen-bond acceptors (Lipinski definition) is 4. The summed E-state index contributed by atoms with van der Waals surface area (Å²) in [5.41, 5.74) is 0. The molecule has 0 saturated carbocycles. The highest BCUT2D eigenvalue weighted by Gasteiger charge is 2.27. The van der Waals surface area contributed by atoms with E-state index in [9.17, 15) is 4.79 Å². The molecule has 3 heterocycles. The minimum atomic E-state index is -0.00974. The second kappa shape index (κ2) is 6.80. The molecule has 1 fully saturated rings. The van der Waals surface area contributed by atoms with E-state index >= 15 is 0 Å². The maximum atomic E-state index is 12.5. The summed E-state index contributed by atoms with van der Waals surface area (Å²) in [5.74, 6) is 1.21. The molecule has 0 aromatic carbocycles. The van der Waals surface area contributed by atoms with Crippen LogP contribution in [-0.2, 0) is 13.6 Å². The SMILES string of the molecule is CC(Cn1ccnc1)NC(=O)N1CCCC(c2nncn2C)C1. The Labute approximate surface area is 135 Å². The molecule has 0 radical (unpaired) electrons. The van der Waals surface area contributed by atoms with Crippen molar-refractivity contribution < 1.29 is 4.79 Å². The number of rotatable bonds is 4. The summed E-state index contributed by atoms with van der Waals surface area (Å²) in [6.45, 7) is 4.20. The van der Waals surface area contributed by atoms with Crippen molar-refractivity contribution in [3.05, 3.63) is 30.9 Å². The first-order chi connectivity index (χ1) is 11.1. The Morgan fingerprint density at radius 2 is 2.35 bits per heavy atom. The Morgan fingerprint density at radius 3 is 3.04 bits per heavy atom. The van der Waals surface area contributed by atoms with Gasteiger partial charge in [-0.2, -0.15) is 0 Å². The molecule has 1 aliphatic rings. The van der Waals surface area contributed by atoms with E-state index in [1.165, 1.54) is 0 Å². The number of aryl methyl sites for hydroxylation is 1. The van der Waals surface area contributed by atoms with Crippen LogP contribution in [0.25, 0.3) is 0 Å². The average Bonchev–Trinajstić information content (AvgIpc) is 3.19. The Hall–Kier alpha value is -2.38. The number of urea groups is 1. The van der Waals surface area contributed by atoms with Crippen LogP contribution in [-0.4, -0.2) is 54.4 Å². The summed E-state index contributed by atoms with van der Waals surface area (Å²) in [4.78, 5) is 18.4. The number of likely N-dealkylation sites (tertiary alicyclic amines) is 1. The summed E-state index contributed by atoms with van der Waals surface area (Å²) in [6, 6.07) is 0.0383. The minimum absolute atomic E-state index is 0.00974. The molecule has 0 aliphatic carbocycles. The maximum absolute atomic E-state index is 12.5. The van der Waals surface area contributed by atoms with Crippen molar-refractivity contribution in [3.8, 4) is 0 Å². The van der Waals surface area contributed by atoms with Gasteiger partial charge in [-0.25, -0.2) is 9.78 Å². The quantitative estimate of drug-likeness (QED) is 0.912. The Balaban J connectivity index is 1.55. The minimum Gasteiger partial charge on any atom is -0.335 e. The zero-order valence-corrected chi connectivity index (χ0v) is 13.6. The van der Waals surface area contributed by atoms with E-state index in [1.807, 2.05) is 34.2 Å². The molecule has 23 heavy (non-hydrogen) atoms. The van der Waals surface area contributed by atoms with Crippen LogP contribution in [0.1, 0.15) is 31.5 Å². The fraction of sp³-hybridized carbons (Fsp3) is 0.600. The molecule has 2 amide bonds. The maximum Gasteiger partial charge on any atom is 0.317 e. The highest BCUT2D eigenvalue weighted by molar-refractivity contribution is 5.74. The van der Waals surface area contributed by atoms with Gasteiger partial charge in [-0.15, -0.1) is 10.2 Å². The van der Waals surface area contributed by atoms with Crippen molar-refractivity contribution in [2.24, 2.45) is 7.05 Å². The lowest BCUT2D eigenvalue weighted by Gasteiger charge is -2.33. The molecular weight excluding hydrogens is 294 g/mol. The van der Waals surface area contributed by atoms with Crippen LogP contribution < -0.4 is 5.32 Å². The van der Waals surface area contributed by atoms with E-state index in [4.69, 9.17) is 0 Å². The predicted molar refractivity (Wildman–Crippen MR) is 84.8 cm³/mol. The summed E-state index contributed by atoms with van der Waals surface area (Å²) in [7, 11) is 1.95. The molecule has 2 atom stereocenters. The molecule has 8 nitrogen and oxygen atoms in total. The van der Waals surface area contributed by atoms with Crippen LogP contribution in [0.5, 0.6) is 0 Å². The third kappa shape index (κ3) is 3.69. The average molecular weight is 317 g/mol. The molecule has 3 rings (SSSR count). The number of hydrogen-bond donors (Lipinski definition) is 1. The molecule has 8 heteroatoms. The topological polar surface area (TPSA) is 80.9 Å². The summed E-state index contributed by atoms with van der Waals surface area (Å²) < 4.78 is 3.90.